The largest absolute Gasteiger partial charge is 0.504 e. The molecule has 11 heteroatoms. The van der Waals surface area contributed by atoms with Gasteiger partial charge in [0.2, 0.25) is 0 Å². The van der Waals surface area contributed by atoms with E-state index in [1.807, 2.05) is 0 Å². The molecule has 188 valence electrons. The number of aliphatic carboxylic acids is 1. The van der Waals surface area contributed by atoms with E-state index < -0.39 is 23.9 Å². The molecule has 0 radical (unpaired) electrons. The highest BCUT2D eigenvalue weighted by Crippen LogP contribution is 2.29. The summed E-state index contributed by atoms with van der Waals surface area (Å²) in [7, 11) is 0. The number of hydrogen-bond donors (Lipinski definition) is 6. The van der Waals surface area contributed by atoms with Crippen LogP contribution in [-0.2, 0) is 11.2 Å². The highest BCUT2D eigenvalue weighted by Gasteiger charge is 2.27. The van der Waals surface area contributed by atoms with Gasteiger partial charge in [0, 0.05) is 13.1 Å². The van der Waals surface area contributed by atoms with Gasteiger partial charge in [0.25, 0.3) is 0 Å². The first-order chi connectivity index (χ1) is 15.7. The Morgan fingerprint density at radius 1 is 1.06 bits per heavy atom. The first-order valence-corrected chi connectivity index (χ1v) is 10.6. The number of nitrogens with two attached hydrogens (primary N) is 1. The van der Waals surface area contributed by atoms with Gasteiger partial charge in [-0.15, -0.1) is 17.0 Å². The van der Waals surface area contributed by atoms with Gasteiger partial charge in [-0.1, -0.05) is 18.2 Å². The molecule has 0 saturated carbocycles. The molecule has 1 aliphatic heterocycles. The van der Waals surface area contributed by atoms with E-state index in [4.69, 9.17) is 5.73 Å². The van der Waals surface area contributed by atoms with Gasteiger partial charge in [-0.25, -0.2) is 9.18 Å². The molecule has 2 atom stereocenters. The van der Waals surface area contributed by atoms with Crippen LogP contribution in [0, 0.1) is 5.82 Å². The number of aryl methyl sites for hydroxylation is 1. The molecule has 2 aromatic rings. The van der Waals surface area contributed by atoms with Crippen molar-refractivity contribution < 1.29 is 34.4 Å². The number of nitrogens with one attached hydrogen (secondary N) is 1. The second-order valence-corrected chi connectivity index (χ2v) is 7.73. The van der Waals surface area contributed by atoms with Gasteiger partial charge >= 0.3 is 12.0 Å². The summed E-state index contributed by atoms with van der Waals surface area (Å²) >= 11 is 0. The van der Waals surface area contributed by atoms with Gasteiger partial charge in [0.1, 0.15) is 18.0 Å². The summed E-state index contributed by atoms with van der Waals surface area (Å²) in [6, 6.07) is 8.16. The number of carbonyl (C=O) groups is 2. The molecule has 1 aliphatic rings. The number of urea groups is 1. The lowest BCUT2D eigenvalue weighted by Gasteiger charge is -2.21. The molecular formula is C23H31BrFN3O6. The molecule has 0 aliphatic carbocycles. The van der Waals surface area contributed by atoms with Crippen molar-refractivity contribution in [1.29, 1.82) is 0 Å². The van der Waals surface area contributed by atoms with Crippen LogP contribution in [0.3, 0.4) is 0 Å². The summed E-state index contributed by atoms with van der Waals surface area (Å²) in [5.74, 6) is -2.33. The number of nitrogens with zero attached hydrogens (tertiary/aromatic N) is 1. The number of phenols is 2. The molecule has 0 spiro atoms. The van der Waals surface area contributed by atoms with Crippen LogP contribution in [-0.4, -0.2) is 63.0 Å². The lowest BCUT2D eigenvalue weighted by molar-refractivity contribution is -0.142. The quantitative estimate of drug-likeness (QED) is 0.220. The summed E-state index contributed by atoms with van der Waals surface area (Å²) in [6.07, 6.45) is 2.07. The summed E-state index contributed by atoms with van der Waals surface area (Å²) in [4.78, 5) is 23.4. The van der Waals surface area contributed by atoms with Crippen LogP contribution >= 0.6 is 17.0 Å². The number of hydrogen-bond acceptors (Lipinski definition) is 6. The zero-order chi connectivity index (χ0) is 24.4. The minimum absolute atomic E-state index is 0. The number of halogens is 2. The maximum atomic E-state index is 12.8. The number of aromatic hydroxyl groups is 2. The van der Waals surface area contributed by atoms with E-state index in [1.165, 1.54) is 24.3 Å². The van der Waals surface area contributed by atoms with Gasteiger partial charge in [-0.05, 0) is 67.6 Å². The molecule has 1 saturated heterocycles. The lowest BCUT2D eigenvalue weighted by Crippen LogP contribution is -2.42. The fourth-order valence-electron chi connectivity index (χ4n) is 3.39. The van der Waals surface area contributed by atoms with Gasteiger partial charge in [0.15, 0.2) is 11.5 Å². The molecular weight excluding hydrogens is 513 g/mol. The maximum absolute atomic E-state index is 12.8. The minimum atomic E-state index is -1.39. The zero-order valence-corrected chi connectivity index (χ0v) is 20.3. The molecule has 2 aromatic carbocycles. The zero-order valence-electron chi connectivity index (χ0n) is 18.6. The first kappa shape index (κ1) is 29.1. The molecule has 1 unspecified atom stereocenters. The van der Waals surface area contributed by atoms with E-state index in [0.29, 0.717) is 19.4 Å². The fourth-order valence-corrected chi connectivity index (χ4v) is 3.39. The number of primary amides is 1. The number of aliphatic hydroxyl groups is 1. The lowest BCUT2D eigenvalue weighted by atomic mass is 10.0. The number of amides is 2. The van der Waals surface area contributed by atoms with Crippen molar-refractivity contribution in [2.45, 2.75) is 37.8 Å². The van der Waals surface area contributed by atoms with Crippen molar-refractivity contribution in [3.05, 3.63) is 59.4 Å². The average Bonchev–Trinajstić information content (AvgIpc) is 3.32. The van der Waals surface area contributed by atoms with Crippen LogP contribution in [0.1, 0.15) is 36.5 Å². The summed E-state index contributed by atoms with van der Waals surface area (Å²) < 4.78 is 12.8. The highest BCUT2D eigenvalue weighted by atomic mass is 79.9. The summed E-state index contributed by atoms with van der Waals surface area (Å²) in [5, 5.41) is 41.1. The predicted molar refractivity (Wildman–Crippen MR) is 130 cm³/mol. The number of carboxylic acids is 1. The standard InChI is InChI=1S/C18H20FNO5.C5H10N2O.BrH/c19-13-6-3-11(4-7-13)2-1-9-20-16(18(24)25)17(23)12-5-8-14(21)15(22)10-12;6-5(8)7-3-1-2-4-7;/h3-8,10,16-17,20-23H,1-2,9H2,(H,24,25);1-4H2,(H2,6,8);1H/t16-,17?;;/m0../s1. The number of carboxylic acid groups (broad SMARTS) is 1. The Balaban J connectivity index is 0.000000543. The van der Waals surface area contributed by atoms with Crippen molar-refractivity contribution in [3.8, 4) is 11.5 Å². The molecule has 7 N–H and O–H groups in total. The number of likely N-dealkylation sites (tertiary alicyclic amines) is 1. The Hall–Kier alpha value is -2.89. The minimum Gasteiger partial charge on any atom is -0.504 e. The number of aliphatic hydroxyl groups excluding tert-OH is 1. The SMILES string of the molecule is Br.NC(=O)N1CCCC1.O=C(O)[C@@H](NCCCc1ccc(F)cc1)C(O)c1ccc(O)c(O)c1. The van der Waals surface area contributed by atoms with Crippen LogP contribution in [0.4, 0.5) is 9.18 Å². The van der Waals surface area contributed by atoms with Crippen LogP contribution in [0.5, 0.6) is 11.5 Å². The van der Waals surface area contributed by atoms with Gasteiger partial charge in [0.05, 0.1) is 0 Å². The number of benzene rings is 2. The molecule has 0 bridgehead atoms. The Morgan fingerprint density at radius 2 is 1.68 bits per heavy atom. The van der Waals surface area contributed by atoms with E-state index in [2.05, 4.69) is 5.32 Å². The normalized spacial score (nSPS) is 14.4. The van der Waals surface area contributed by atoms with Gasteiger partial charge < -0.3 is 36.4 Å². The van der Waals surface area contributed by atoms with Crippen LogP contribution in [0.15, 0.2) is 42.5 Å². The van der Waals surface area contributed by atoms with Gasteiger partial charge in [-0.3, -0.25) is 4.79 Å². The Labute approximate surface area is 207 Å². The van der Waals surface area contributed by atoms with Gasteiger partial charge in [-0.2, -0.15) is 0 Å². The van der Waals surface area contributed by atoms with Crippen LogP contribution in [0.2, 0.25) is 0 Å². The molecule has 1 heterocycles. The van der Waals surface area contributed by atoms with Crippen molar-refractivity contribution >= 4 is 29.0 Å². The molecule has 34 heavy (non-hydrogen) atoms. The van der Waals surface area contributed by atoms with E-state index in [-0.39, 0.29) is 40.1 Å². The Bertz CT molecular complexity index is 925. The van der Waals surface area contributed by atoms with Crippen molar-refractivity contribution in [2.24, 2.45) is 5.73 Å². The molecule has 1 fully saturated rings. The molecule has 9 nitrogen and oxygen atoms in total. The highest BCUT2D eigenvalue weighted by molar-refractivity contribution is 8.93. The van der Waals surface area contributed by atoms with Crippen molar-refractivity contribution in [1.82, 2.24) is 10.2 Å². The topological polar surface area (TPSA) is 156 Å². The second kappa shape index (κ2) is 14.4. The van der Waals surface area contributed by atoms with E-state index in [0.717, 1.165) is 37.6 Å². The van der Waals surface area contributed by atoms with Crippen LogP contribution in [0.25, 0.3) is 0 Å². The van der Waals surface area contributed by atoms with Crippen molar-refractivity contribution in [2.75, 3.05) is 19.6 Å². The Morgan fingerprint density at radius 3 is 2.18 bits per heavy atom. The molecule has 2 amide bonds. The van der Waals surface area contributed by atoms with Crippen molar-refractivity contribution in [3.63, 3.8) is 0 Å². The average molecular weight is 544 g/mol. The third-order valence-electron chi connectivity index (χ3n) is 5.26. The van der Waals surface area contributed by atoms with E-state index in [9.17, 15) is 34.4 Å². The van der Waals surface area contributed by atoms with Crippen LogP contribution < -0.4 is 11.1 Å². The monoisotopic (exact) mass is 543 g/mol. The van der Waals surface area contributed by atoms with E-state index >= 15 is 0 Å². The Kier molecular flexibility index (Phi) is 12.3. The smallest absolute Gasteiger partial charge is 0.323 e. The number of rotatable bonds is 8. The summed E-state index contributed by atoms with van der Waals surface area (Å²) in [5.41, 5.74) is 6.09. The molecule has 0 aromatic heterocycles. The predicted octanol–water partition coefficient (Wildman–Crippen LogP) is 2.68. The number of carbonyl (C=O) groups excluding carboxylic acids is 1. The fraction of sp³-hybridized carbons (Fsp3) is 0.391. The third-order valence-corrected chi connectivity index (χ3v) is 5.26. The first-order valence-electron chi connectivity index (χ1n) is 10.6. The second-order valence-electron chi connectivity index (χ2n) is 7.73. The number of phenolic OH excluding ortho intramolecular Hbond substituents is 2. The summed E-state index contributed by atoms with van der Waals surface area (Å²) in [6.45, 7) is 2.04. The molecule has 3 rings (SSSR count). The van der Waals surface area contributed by atoms with E-state index in [1.54, 1.807) is 17.0 Å². The third kappa shape index (κ3) is 9.16. The maximum Gasteiger partial charge on any atom is 0.323 e.